The van der Waals surface area contributed by atoms with Gasteiger partial charge in [-0.2, -0.15) is 0 Å². The van der Waals surface area contributed by atoms with Gasteiger partial charge in [0, 0.05) is 0 Å². The number of carbonyl (C=O) groups is 3. The Kier molecular flexibility index (Phi) is 26.0. The van der Waals surface area contributed by atoms with Crippen molar-refractivity contribution in [2.75, 3.05) is 39.6 Å². The van der Waals surface area contributed by atoms with Crippen molar-refractivity contribution >= 4 is 49.5 Å². The molecule has 26 heteroatoms. The van der Waals surface area contributed by atoms with Crippen LogP contribution in [0.5, 0.6) is 0 Å². The maximum Gasteiger partial charge on any atom is 0.466 e. The van der Waals surface area contributed by atoms with E-state index in [9.17, 15) is 28.1 Å². The smallest absolute Gasteiger partial charge is 0.350 e. The van der Waals surface area contributed by atoms with E-state index >= 15 is 0 Å². The Morgan fingerprint density at radius 3 is 0.614 bits per heavy atom. The van der Waals surface area contributed by atoms with E-state index in [2.05, 4.69) is 27.1 Å². The lowest BCUT2D eigenvalue weighted by molar-refractivity contribution is -0.147. The summed E-state index contributed by atoms with van der Waals surface area (Å²) in [5.74, 6) is 0. The fourth-order valence-corrected chi connectivity index (χ4v) is 5.69. The number of carbonyl (C=O) groups excluding carboxylic acids is 3. The fraction of sp³-hybridized carbons (Fsp3) is 0.833. The number of hydrogen-bond acceptors (Lipinski definition) is 19. The number of hydrogen-bond donors (Lipinski definition) is 9. The molecule has 0 aromatic heterocycles. The fourth-order valence-electron chi connectivity index (χ4n) is 1.90. The summed E-state index contributed by atoms with van der Waals surface area (Å²) >= 11 is 0. The Balaban J connectivity index is -0.000000253. The Labute approximate surface area is 252 Å². The van der Waals surface area contributed by atoms with Crippen molar-refractivity contribution in [1.29, 1.82) is 0 Å². The van der Waals surface area contributed by atoms with E-state index in [1.54, 1.807) is 0 Å². The highest BCUT2D eigenvalue weighted by Gasteiger charge is 2.50. The molecule has 22 nitrogen and oxygen atoms in total. The van der Waals surface area contributed by atoms with Crippen LogP contribution in [0.15, 0.2) is 0 Å². The van der Waals surface area contributed by atoms with Gasteiger partial charge in [0.2, 0.25) is 0 Å². The van der Waals surface area contributed by atoms with Crippen LogP contribution in [0, 0.1) is 0 Å². The Morgan fingerprint density at radius 1 is 0.432 bits per heavy atom. The normalized spacial score (nSPS) is 12.8. The van der Waals surface area contributed by atoms with Crippen LogP contribution in [0.4, 0.5) is 0 Å². The molecule has 0 fully saturated rings. The summed E-state index contributed by atoms with van der Waals surface area (Å²) in [7, 11) is -17.2. The Bertz CT molecular complexity index is 859. The van der Waals surface area contributed by atoms with Crippen LogP contribution in [-0.2, 0) is 59.8 Å². The SMILES string of the molecule is CCOP(=O)(OCC)C(O)(O)C=O.CCOP(=O)(OCC)C(O)(O)C=O.CCOP(=O)(OCC)C(O)(O)C=O.O=P(O)(O)O. The third-order valence-electron chi connectivity index (χ3n) is 3.48. The summed E-state index contributed by atoms with van der Waals surface area (Å²) in [5, 5.41) is 53.9. The van der Waals surface area contributed by atoms with E-state index in [1.165, 1.54) is 41.5 Å². The minimum Gasteiger partial charge on any atom is -0.350 e. The van der Waals surface area contributed by atoms with Crippen LogP contribution < -0.4 is 0 Å². The summed E-state index contributed by atoms with van der Waals surface area (Å²) < 4.78 is 70.5. The van der Waals surface area contributed by atoms with Crippen molar-refractivity contribution in [3.63, 3.8) is 0 Å². The van der Waals surface area contributed by atoms with Crippen LogP contribution >= 0.6 is 30.6 Å². The first-order chi connectivity index (χ1) is 19.8. The predicted octanol–water partition coefficient (Wildman–Crippen LogP) is -0.659. The van der Waals surface area contributed by atoms with E-state index in [0.717, 1.165) is 0 Å². The minimum atomic E-state index is -4.64. The van der Waals surface area contributed by atoms with Gasteiger partial charge in [0.15, 0.2) is 18.9 Å². The zero-order chi connectivity index (χ0) is 36.1. The first-order valence-corrected chi connectivity index (χ1v) is 18.2. The molecule has 0 aromatic rings. The van der Waals surface area contributed by atoms with Gasteiger partial charge in [-0.25, -0.2) is 4.57 Å². The first kappa shape index (κ1) is 50.2. The third kappa shape index (κ3) is 19.1. The molecular formula is C18H42O22P4. The Hall–Kier alpha value is -0.670. The number of rotatable bonds is 18. The monoisotopic (exact) mass is 734 g/mol. The molecule has 0 rings (SSSR count). The molecule has 0 unspecified atom stereocenters. The molecule has 266 valence electrons. The third-order valence-corrected chi connectivity index (χ3v) is 9.80. The molecule has 9 N–H and O–H groups in total. The minimum absolute atomic E-state index is 0.0476. The van der Waals surface area contributed by atoms with Crippen molar-refractivity contribution in [3.05, 3.63) is 0 Å². The summed E-state index contributed by atoms with van der Waals surface area (Å²) in [6, 6.07) is 0. The molecular weight excluding hydrogens is 692 g/mol. The van der Waals surface area contributed by atoms with E-state index in [4.69, 9.17) is 49.9 Å². The molecule has 0 radical (unpaired) electrons. The standard InChI is InChI=1S/3C6H13O6P.H3O4P/c3*1-3-11-13(10,12-4-2)6(8,9)5-7;1-5(2,3)4/h3*5,8-9H,3-4H2,1-2H3;(H3,1,2,3,4). The molecule has 0 aliphatic rings. The van der Waals surface area contributed by atoms with E-state index in [-0.39, 0.29) is 58.5 Å². The largest absolute Gasteiger partial charge is 0.466 e. The maximum absolute atomic E-state index is 11.5. The van der Waals surface area contributed by atoms with Gasteiger partial charge in [0.1, 0.15) is 0 Å². The first-order valence-electron chi connectivity index (χ1n) is 12.0. The average molecular weight is 734 g/mol. The van der Waals surface area contributed by atoms with E-state index < -0.39 is 47.2 Å². The van der Waals surface area contributed by atoms with Crippen molar-refractivity contribution in [1.82, 2.24) is 0 Å². The molecule has 0 heterocycles. The number of aldehydes is 3. The van der Waals surface area contributed by atoms with Gasteiger partial charge in [0.05, 0.1) is 39.6 Å². The van der Waals surface area contributed by atoms with Crippen LogP contribution in [0.3, 0.4) is 0 Å². The van der Waals surface area contributed by atoms with Crippen molar-refractivity contribution in [2.24, 2.45) is 0 Å². The highest BCUT2D eigenvalue weighted by atomic mass is 31.2. The Morgan fingerprint density at radius 2 is 0.545 bits per heavy atom. The summed E-state index contributed by atoms with van der Waals surface area (Å²) in [4.78, 5) is 52.1. The van der Waals surface area contributed by atoms with Crippen LogP contribution in [-0.4, -0.2) is 120 Å². The van der Waals surface area contributed by atoms with Crippen LogP contribution in [0.1, 0.15) is 41.5 Å². The molecule has 0 atom stereocenters. The quantitative estimate of drug-likeness (QED) is 0.0479. The molecule has 0 aromatic carbocycles. The van der Waals surface area contributed by atoms with Crippen molar-refractivity contribution in [3.8, 4) is 0 Å². The van der Waals surface area contributed by atoms with Crippen molar-refractivity contribution in [2.45, 2.75) is 58.1 Å². The molecule has 0 saturated heterocycles. The van der Waals surface area contributed by atoms with Gasteiger partial charge in [-0.1, -0.05) is 0 Å². The predicted molar refractivity (Wildman–Crippen MR) is 147 cm³/mol. The van der Waals surface area contributed by atoms with Gasteiger partial charge in [-0.3, -0.25) is 28.1 Å². The second-order valence-electron chi connectivity index (χ2n) is 6.93. The van der Waals surface area contributed by atoms with Gasteiger partial charge in [0.25, 0.3) is 0 Å². The van der Waals surface area contributed by atoms with Gasteiger partial charge in [-0.15, -0.1) is 0 Å². The van der Waals surface area contributed by atoms with Crippen molar-refractivity contribution < 1.29 is 105 Å². The second-order valence-corrected chi connectivity index (χ2v) is 14.5. The summed E-state index contributed by atoms with van der Waals surface area (Å²) in [5.41, 5.74) is -9.21. The molecule has 0 aliphatic carbocycles. The summed E-state index contributed by atoms with van der Waals surface area (Å²) in [6.07, 6.45) is -0.836. The average Bonchev–Trinajstić information content (AvgIpc) is 2.89. The molecule has 0 amide bonds. The molecule has 0 spiro atoms. The van der Waals surface area contributed by atoms with Crippen LogP contribution in [0.2, 0.25) is 0 Å². The van der Waals surface area contributed by atoms with E-state index in [0.29, 0.717) is 0 Å². The summed E-state index contributed by atoms with van der Waals surface area (Å²) in [6.45, 7) is 8.67. The van der Waals surface area contributed by atoms with E-state index in [1.807, 2.05) is 0 Å². The highest BCUT2D eigenvalue weighted by Crippen LogP contribution is 2.58. The number of aliphatic hydroxyl groups is 6. The molecule has 0 saturated carbocycles. The maximum atomic E-state index is 11.5. The van der Waals surface area contributed by atoms with Gasteiger partial charge < -0.3 is 72.5 Å². The second kappa shape index (κ2) is 22.8. The zero-order valence-corrected chi connectivity index (χ0v) is 28.2. The lowest BCUT2D eigenvalue weighted by atomic mass is 10.7. The molecule has 44 heavy (non-hydrogen) atoms. The molecule has 0 bridgehead atoms. The zero-order valence-electron chi connectivity index (χ0n) is 24.6. The highest BCUT2D eigenvalue weighted by molar-refractivity contribution is 7.56. The van der Waals surface area contributed by atoms with Gasteiger partial charge in [-0.05, 0) is 41.5 Å². The van der Waals surface area contributed by atoms with Crippen LogP contribution in [0.25, 0.3) is 0 Å². The lowest BCUT2D eigenvalue weighted by Crippen LogP contribution is -2.32. The number of phosphoric acid groups is 1. The molecule has 0 aliphatic heterocycles. The lowest BCUT2D eigenvalue weighted by Gasteiger charge is -2.24. The van der Waals surface area contributed by atoms with Gasteiger partial charge >= 0.3 is 47.2 Å². The topological polar surface area (TPSA) is 357 Å².